The van der Waals surface area contributed by atoms with Gasteiger partial charge in [-0.25, -0.2) is 4.79 Å². The zero-order valence-corrected chi connectivity index (χ0v) is 15.0. The summed E-state index contributed by atoms with van der Waals surface area (Å²) < 4.78 is 15.8. The van der Waals surface area contributed by atoms with E-state index < -0.39 is 42.3 Å². The van der Waals surface area contributed by atoms with E-state index in [2.05, 4.69) is 5.32 Å². The molecule has 3 aliphatic heterocycles. The first-order valence-electron chi connectivity index (χ1n) is 6.67. The molecule has 2 bridgehead atoms. The van der Waals surface area contributed by atoms with E-state index >= 15 is 0 Å². The van der Waals surface area contributed by atoms with Crippen molar-refractivity contribution in [2.75, 3.05) is 13.7 Å². The zero-order chi connectivity index (χ0) is 15.4. The van der Waals surface area contributed by atoms with Gasteiger partial charge in [0.1, 0.15) is 24.5 Å². The molecule has 0 aromatic heterocycles. The van der Waals surface area contributed by atoms with Crippen LogP contribution in [0.2, 0.25) is 0 Å². The van der Waals surface area contributed by atoms with Gasteiger partial charge in [-0.05, 0) is 0 Å². The van der Waals surface area contributed by atoms with Crippen molar-refractivity contribution in [3.63, 3.8) is 0 Å². The molecule has 3 saturated heterocycles. The van der Waals surface area contributed by atoms with Crippen LogP contribution in [0.5, 0.6) is 0 Å². The van der Waals surface area contributed by atoms with Crippen LogP contribution in [0.4, 0.5) is 0 Å². The molecule has 0 aliphatic carbocycles. The summed E-state index contributed by atoms with van der Waals surface area (Å²) in [5.74, 6) is -1.28. The maximum atomic E-state index is 12.0. The summed E-state index contributed by atoms with van der Waals surface area (Å²) in [4.78, 5) is 34.4. The molecular weight excluding hydrogens is 371 g/mol. The van der Waals surface area contributed by atoms with Gasteiger partial charge in [0.05, 0.1) is 18.6 Å². The Hall–Kier alpha value is -0.536. The molecule has 0 saturated carbocycles. The van der Waals surface area contributed by atoms with E-state index in [9.17, 15) is 19.5 Å². The van der Waals surface area contributed by atoms with Gasteiger partial charge < -0.3 is 40.6 Å². The topological polar surface area (TPSA) is 111 Å². The fraction of sp³-hybridized carbons (Fsp3) is 0.692. The molecule has 3 heterocycles. The molecule has 22 heavy (non-hydrogen) atoms. The van der Waals surface area contributed by atoms with E-state index in [1.807, 2.05) is 0 Å². The van der Waals surface area contributed by atoms with Gasteiger partial charge in [-0.3, -0.25) is 0 Å². The first-order valence-corrected chi connectivity index (χ1v) is 6.67. The van der Waals surface area contributed by atoms with E-state index in [1.165, 1.54) is 13.5 Å². The Morgan fingerprint density at radius 1 is 1.45 bits per heavy atom. The number of aliphatic hydroxyl groups excluding tert-OH is 1. The summed E-state index contributed by atoms with van der Waals surface area (Å²) in [5.41, 5.74) is 0. The maximum Gasteiger partial charge on any atom is 0.329 e. The van der Waals surface area contributed by atoms with Crippen LogP contribution in [0, 0.1) is 6.42 Å². The molecule has 3 fully saturated rings. The Morgan fingerprint density at radius 3 is 2.82 bits per heavy atom. The van der Waals surface area contributed by atoms with Crippen molar-refractivity contribution in [3.8, 4) is 0 Å². The molecule has 0 aromatic carbocycles. The van der Waals surface area contributed by atoms with Gasteiger partial charge >= 0.3 is 5.97 Å². The van der Waals surface area contributed by atoms with Crippen LogP contribution < -0.4 is 5.32 Å². The van der Waals surface area contributed by atoms with Crippen molar-refractivity contribution >= 4 is 18.2 Å². The number of carbonyl (C=O) groups is 3. The number of methoxy groups -OCH3 is 1. The first kappa shape index (κ1) is 19.5. The van der Waals surface area contributed by atoms with Crippen LogP contribution in [-0.4, -0.2) is 67.4 Å². The number of esters is 1. The van der Waals surface area contributed by atoms with Gasteiger partial charge in [0.25, 0.3) is 0 Å². The number of ether oxygens (including phenoxy) is 3. The van der Waals surface area contributed by atoms with Gasteiger partial charge in [0, 0.05) is 46.2 Å². The van der Waals surface area contributed by atoms with E-state index in [4.69, 9.17) is 14.2 Å². The van der Waals surface area contributed by atoms with E-state index in [-0.39, 0.29) is 52.2 Å². The van der Waals surface area contributed by atoms with Crippen molar-refractivity contribution in [2.24, 2.45) is 0 Å². The summed E-state index contributed by atoms with van der Waals surface area (Å²) >= 11 is 0. The molecule has 0 spiro atoms. The van der Waals surface area contributed by atoms with Crippen LogP contribution in [-0.2, 0) is 61.3 Å². The Morgan fingerprint density at radius 2 is 2.18 bits per heavy atom. The van der Waals surface area contributed by atoms with Gasteiger partial charge in [-0.2, -0.15) is 0 Å². The van der Waals surface area contributed by atoms with Gasteiger partial charge in [0.15, 0.2) is 6.10 Å². The maximum absolute atomic E-state index is 12.0. The summed E-state index contributed by atoms with van der Waals surface area (Å²) in [6, 6.07) is -1.06. The van der Waals surface area contributed by atoms with Gasteiger partial charge in [0.2, 0.25) is 0 Å². The largest absolute Gasteiger partial charge is 0.455 e. The predicted molar refractivity (Wildman–Crippen MR) is 68.0 cm³/mol. The van der Waals surface area contributed by atoms with Crippen molar-refractivity contribution in [1.82, 2.24) is 5.32 Å². The minimum absolute atomic E-state index is 0. The normalized spacial score (nSPS) is 35.3. The number of amides is 1. The number of nitrogens with one attached hydrogen (secondary N) is 1. The molecule has 9 heteroatoms. The molecule has 2 N–H and O–H groups in total. The fourth-order valence-corrected chi connectivity index (χ4v) is 2.44. The quantitative estimate of drug-likeness (QED) is 0.338. The van der Waals surface area contributed by atoms with E-state index in [0.717, 1.165) is 0 Å². The van der Waals surface area contributed by atoms with E-state index in [1.54, 1.807) is 0 Å². The van der Waals surface area contributed by atoms with Crippen LogP contribution in [0.25, 0.3) is 0 Å². The Kier molecular flexibility index (Phi) is 7.92. The van der Waals surface area contributed by atoms with Crippen molar-refractivity contribution in [1.29, 1.82) is 0 Å². The first-order chi connectivity index (χ1) is 10.1. The van der Waals surface area contributed by atoms with Crippen LogP contribution in [0.3, 0.4) is 0 Å². The molecule has 1 unspecified atom stereocenters. The Balaban J connectivity index is 0.00000242. The number of hydrogen-bond acceptors (Lipinski definition) is 7. The molecule has 121 valence electrons. The molecule has 3 aliphatic rings. The molecule has 0 aromatic rings. The molecule has 3 rings (SSSR count). The predicted octanol–water partition coefficient (Wildman–Crippen LogP) is -1.65. The second-order valence-corrected chi connectivity index (χ2v) is 4.94. The number of carbonyl (C=O) groups excluding carboxylic acids is 3. The number of hydrogen-bond donors (Lipinski definition) is 2. The molecular formula is C13H18NO7Y-. The smallest absolute Gasteiger partial charge is 0.329 e. The summed E-state index contributed by atoms with van der Waals surface area (Å²) in [5, 5.41) is 12.6. The third-order valence-corrected chi connectivity index (χ3v) is 3.57. The zero-order valence-electron chi connectivity index (χ0n) is 12.1. The van der Waals surface area contributed by atoms with Crippen molar-refractivity contribution in [3.05, 3.63) is 6.42 Å². The second-order valence-electron chi connectivity index (χ2n) is 4.94. The van der Waals surface area contributed by atoms with Gasteiger partial charge in [-0.1, -0.05) is 0 Å². The average Bonchev–Trinajstić information content (AvgIpc) is 2.48. The number of aliphatic hydroxyl groups is 1. The number of fused-ring (bicyclic) bond motifs is 8. The van der Waals surface area contributed by atoms with E-state index in [0.29, 0.717) is 6.29 Å². The third-order valence-electron chi connectivity index (χ3n) is 3.57. The minimum atomic E-state index is -1.06. The Bertz CT molecular complexity index is 419. The average molecular weight is 389 g/mol. The SMILES string of the molecule is CO[C@@H]1[C@H](O)[C@@H]2C[CH-]C(=O)NC(CC=O)C(=O)O[C@H]1CO2.[Y]. The standard InChI is InChI=1S/C13H18NO7.Y/c1-19-12-9-6-20-8(11(12)17)2-3-10(16)14-7(4-5-15)13(18)21-9;/h3,5,7-9,11-12,17H,2,4,6H2,1H3,(H,14,16);/q-1;/t7?,8-,9-,11+,12-;/m0./s1. The second kappa shape index (κ2) is 8.93. The van der Waals surface area contributed by atoms with Gasteiger partial charge in [-0.15, -0.1) is 6.42 Å². The van der Waals surface area contributed by atoms with Crippen molar-refractivity contribution < 1.29 is 66.4 Å². The van der Waals surface area contributed by atoms with Crippen LogP contribution >= 0.6 is 0 Å². The monoisotopic (exact) mass is 389 g/mol. The minimum Gasteiger partial charge on any atom is -0.455 e. The summed E-state index contributed by atoms with van der Waals surface area (Å²) in [6.07, 6.45) is -1.38. The molecule has 1 radical (unpaired) electrons. The van der Waals surface area contributed by atoms with Crippen molar-refractivity contribution in [2.45, 2.75) is 43.3 Å². The summed E-state index contributed by atoms with van der Waals surface area (Å²) in [6.45, 7) is 0.0574. The van der Waals surface area contributed by atoms with Crippen LogP contribution in [0.1, 0.15) is 12.8 Å². The number of rotatable bonds is 3. The molecule has 1 amide bonds. The molecule has 8 nitrogen and oxygen atoms in total. The number of aldehydes is 1. The Labute approximate surface area is 153 Å². The van der Waals surface area contributed by atoms with Crippen LogP contribution in [0.15, 0.2) is 0 Å². The molecule has 5 atom stereocenters. The third kappa shape index (κ3) is 4.49. The fourth-order valence-electron chi connectivity index (χ4n) is 2.44. The summed E-state index contributed by atoms with van der Waals surface area (Å²) in [7, 11) is 1.40.